The summed E-state index contributed by atoms with van der Waals surface area (Å²) in [7, 11) is 0. The molecular weight excluding hydrogens is 721 g/mol. The summed E-state index contributed by atoms with van der Waals surface area (Å²) in [5.74, 6) is 0.00550. The van der Waals surface area contributed by atoms with Gasteiger partial charge in [0, 0.05) is 19.3 Å². The summed E-state index contributed by atoms with van der Waals surface area (Å²) in [6.45, 7) is 9.02. The van der Waals surface area contributed by atoms with Gasteiger partial charge in [-0.2, -0.15) is 0 Å². The third kappa shape index (κ3) is 45.5. The Bertz CT molecular complexity index is 872. The van der Waals surface area contributed by atoms with E-state index in [2.05, 4.69) is 27.7 Å². The fourth-order valence-corrected chi connectivity index (χ4v) is 7.86. The van der Waals surface area contributed by atoms with Crippen molar-refractivity contribution in [1.82, 2.24) is 0 Å². The summed E-state index contributed by atoms with van der Waals surface area (Å²) in [4.78, 5) is 37.8. The molecule has 0 aliphatic carbocycles. The minimum atomic E-state index is -0.759. The molecule has 344 valence electrons. The molecular formula is C52H100O6. The van der Waals surface area contributed by atoms with Gasteiger partial charge >= 0.3 is 17.9 Å². The molecule has 0 radical (unpaired) electrons. The predicted molar refractivity (Wildman–Crippen MR) is 247 cm³/mol. The van der Waals surface area contributed by atoms with Crippen LogP contribution in [0.15, 0.2) is 0 Å². The van der Waals surface area contributed by atoms with E-state index in [1.54, 1.807) is 0 Å². The van der Waals surface area contributed by atoms with Crippen molar-refractivity contribution in [3.63, 3.8) is 0 Å². The van der Waals surface area contributed by atoms with Crippen LogP contribution in [0.25, 0.3) is 0 Å². The fourth-order valence-electron chi connectivity index (χ4n) is 7.86. The van der Waals surface area contributed by atoms with Crippen molar-refractivity contribution >= 4 is 17.9 Å². The third-order valence-electron chi connectivity index (χ3n) is 11.8. The second-order valence-corrected chi connectivity index (χ2v) is 18.3. The quantitative estimate of drug-likeness (QED) is 0.0346. The maximum absolute atomic E-state index is 12.7. The molecule has 0 fully saturated rings. The van der Waals surface area contributed by atoms with E-state index in [9.17, 15) is 14.4 Å². The molecule has 0 aliphatic rings. The number of unbranched alkanes of at least 4 members (excludes halogenated alkanes) is 34. The second-order valence-electron chi connectivity index (χ2n) is 18.3. The van der Waals surface area contributed by atoms with E-state index in [-0.39, 0.29) is 31.1 Å². The average molecular weight is 821 g/mol. The molecule has 1 atom stereocenters. The smallest absolute Gasteiger partial charge is 0.306 e. The lowest BCUT2D eigenvalue weighted by Gasteiger charge is -2.18. The molecule has 0 spiro atoms. The lowest BCUT2D eigenvalue weighted by Crippen LogP contribution is -2.30. The van der Waals surface area contributed by atoms with Crippen molar-refractivity contribution in [1.29, 1.82) is 0 Å². The van der Waals surface area contributed by atoms with Gasteiger partial charge in [-0.1, -0.05) is 252 Å². The van der Waals surface area contributed by atoms with E-state index in [1.165, 1.54) is 186 Å². The van der Waals surface area contributed by atoms with Gasteiger partial charge < -0.3 is 14.2 Å². The van der Waals surface area contributed by atoms with Gasteiger partial charge in [-0.25, -0.2) is 0 Å². The molecule has 0 rings (SSSR count). The van der Waals surface area contributed by atoms with Crippen LogP contribution < -0.4 is 0 Å². The largest absolute Gasteiger partial charge is 0.462 e. The monoisotopic (exact) mass is 821 g/mol. The SMILES string of the molecule is CCCCCCCCCCCCCCC(=O)OC[C@H](COC(=O)CCCCCCCCCCCCCCCCCCC(C)C)OC(=O)CCCCCCCCCCC. The number of hydrogen-bond acceptors (Lipinski definition) is 6. The third-order valence-corrected chi connectivity index (χ3v) is 11.8. The van der Waals surface area contributed by atoms with Crippen molar-refractivity contribution in [2.45, 2.75) is 297 Å². The zero-order chi connectivity index (χ0) is 42.4. The average Bonchev–Trinajstić information content (AvgIpc) is 3.21. The van der Waals surface area contributed by atoms with Crippen LogP contribution in [-0.2, 0) is 28.6 Å². The predicted octanol–water partition coefficient (Wildman–Crippen LogP) is 16.7. The van der Waals surface area contributed by atoms with Gasteiger partial charge in [0.15, 0.2) is 6.10 Å². The Labute approximate surface area is 361 Å². The van der Waals surface area contributed by atoms with Gasteiger partial charge in [0.05, 0.1) is 0 Å². The molecule has 0 aromatic carbocycles. The summed E-state index contributed by atoms with van der Waals surface area (Å²) in [5.41, 5.74) is 0. The molecule has 0 heterocycles. The van der Waals surface area contributed by atoms with Crippen LogP contribution in [0.4, 0.5) is 0 Å². The van der Waals surface area contributed by atoms with Crippen molar-refractivity contribution in [3.8, 4) is 0 Å². The lowest BCUT2D eigenvalue weighted by atomic mass is 10.0. The minimum Gasteiger partial charge on any atom is -0.462 e. The molecule has 0 aromatic heterocycles. The topological polar surface area (TPSA) is 78.9 Å². The summed E-state index contributed by atoms with van der Waals surface area (Å²) < 4.78 is 16.8. The maximum Gasteiger partial charge on any atom is 0.306 e. The molecule has 0 amide bonds. The zero-order valence-corrected chi connectivity index (χ0v) is 39.5. The minimum absolute atomic E-state index is 0.0628. The highest BCUT2D eigenvalue weighted by Gasteiger charge is 2.19. The van der Waals surface area contributed by atoms with Crippen molar-refractivity contribution < 1.29 is 28.6 Å². The highest BCUT2D eigenvalue weighted by molar-refractivity contribution is 5.71. The van der Waals surface area contributed by atoms with Crippen molar-refractivity contribution in [2.75, 3.05) is 13.2 Å². The Balaban J connectivity index is 4.19. The van der Waals surface area contributed by atoms with Crippen LogP contribution in [0.3, 0.4) is 0 Å². The summed E-state index contributed by atoms with van der Waals surface area (Å²) in [6.07, 6.45) is 48.1. The van der Waals surface area contributed by atoms with Crippen LogP contribution in [0.5, 0.6) is 0 Å². The lowest BCUT2D eigenvalue weighted by molar-refractivity contribution is -0.167. The van der Waals surface area contributed by atoms with E-state index >= 15 is 0 Å². The van der Waals surface area contributed by atoms with Gasteiger partial charge in [-0.05, 0) is 25.2 Å². The number of carbonyl (C=O) groups excluding carboxylic acids is 3. The van der Waals surface area contributed by atoms with Gasteiger partial charge in [0.2, 0.25) is 0 Å². The number of rotatable bonds is 47. The van der Waals surface area contributed by atoms with Gasteiger partial charge in [0.1, 0.15) is 13.2 Å². The van der Waals surface area contributed by atoms with E-state index in [1.807, 2.05) is 0 Å². The zero-order valence-electron chi connectivity index (χ0n) is 39.5. The van der Waals surface area contributed by atoms with E-state index in [4.69, 9.17) is 14.2 Å². The highest BCUT2D eigenvalue weighted by atomic mass is 16.6. The van der Waals surface area contributed by atoms with E-state index < -0.39 is 6.10 Å². The van der Waals surface area contributed by atoms with Crippen LogP contribution in [-0.4, -0.2) is 37.2 Å². The van der Waals surface area contributed by atoms with Crippen LogP contribution >= 0.6 is 0 Å². The fraction of sp³-hybridized carbons (Fsp3) is 0.942. The van der Waals surface area contributed by atoms with Crippen LogP contribution in [0, 0.1) is 5.92 Å². The van der Waals surface area contributed by atoms with Crippen LogP contribution in [0.2, 0.25) is 0 Å². The standard InChI is InChI=1S/C52H100O6/c1-5-7-9-11-13-15-16-24-28-31-35-39-43-50(53)56-46-49(58-52(55)45-41-37-33-26-14-12-10-8-6-2)47-57-51(54)44-40-36-32-29-25-22-20-18-17-19-21-23-27-30-34-38-42-48(3)4/h48-49H,5-47H2,1-4H3/t49-/m1/s1. The Morgan fingerprint density at radius 2 is 0.569 bits per heavy atom. The highest BCUT2D eigenvalue weighted by Crippen LogP contribution is 2.17. The molecule has 0 aliphatic heterocycles. The Morgan fingerprint density at radius 3 is 0.845 bits per heavy atom. The molecule has 0 N–H and O–H groups in total. The maximum atomic E-state index is 12.7. The summed E-state index contributed by atoms with van der Waals surface area (Å²) in [5, 5.41) is 0. The number of esters is 3. The van der Waals surface area contributed by atoms with E-state index in [0.717, 1.165) is 63.7 Å². The normalized spacial score (nSPS) is 11.9. The first-order valence-corrected chi connectivity index (χ1v) is 25.9. The molecule has 0 saturated carbocycles. The molecule has 0 unspecified atom stereocenters. The van der Waals surface area contributed by atoms with Crippen molar-refractivity contribution in [2.24, 2.45) is 5.92 Å². The first-order valence-electron chi connectivity index (χ1n) is 25.9. The molecule has 58 heavy (non-hydrogen) atoms. The van der Waals surface area contributed by atoms with Gasteiger partial charge in [0.25, 0.3) is 0 Å². The first-order chi connectivity index (χ1) is 28.4. The Kier molecular flexibility index (Phi) is 45.2. The van der Waals surface area contributed by atoms with Crippen LogP contribution in [0.1, 0.15) is 291 Å². The van der Waals surface area contributed by atoms with Gasteiger partial charge in [-0.15, -0.1) is 0 Å². The summed E-state index contributed by atoms with van der Waals surface area (Å²) >= 11 is 0. The molecule has 6 nitrogen and oxygen atoms in total. The molecule has 6 heteroatoms. The molecule has 0 bridgehead atoms. The number of carbonyl (C=O) groups is 3. The molecule has 0 aromatic rings. The Hall–Kier alpha value is -1.59. The molecule has 0 saturated heterocycles. The first kappa shape index (κ1) is 56.4. The number of hydrogen-bond donors (Lipinski definition) is 0. The van der Waals surface area contributed by atoms with E-state index in [0.29, 0.717) is 19.3 Å². The number of ether oxygens (including phenoxy) is 3. The van der Waals surface area contributed by atoms with Gasteiger partial charge in [-0.3, -0.25) is 14.4 Å². The Morgan fingerprint density at radius 1 is 0.328 bits per heavy atom. The summed E-state index contributed by atoms with van der Waals surface area (Å²) in [6, 6.07) is 0. The second kappa shape index (κ2) is 46.5. The van der Waals surface area contributed by atoms with Crippen molar-refractivity contribution in [3.05, 3.63) is 0 Å².